The molecule has 8 nitrogen and oxygen atoms in total. The summed E-state index contributed by atoms with van der Waals surface area (Å²) in [6.07, 6.45) is 0. The smallest absolute Gasteiger partial charge is 0.350 e. The molecule has 0 saturated heterocycles. The van der Waals surface area contributed by atoms with E-state index in [1.165, 1.54) is 0 Å². The number of amides is 2. The highest BCUT2D eigenvalue weighted by Gasteiger charge is 2.34. The van der Waals surface area contributed by atoms with Crippen molar-refractivity contribution in [1.82, 2.24) is 9.88 Å². The Balaban J connectivity index is 1.58. The van der Waals surface area contributed by atoms with E-state index >= 15 is 0 Å². The topological polar surface area (TPSA) is 112 Å². The van der Waals surface area contributed by atoms with Gasteiger partial charge in [-0.25, -0.2) is 9.78 Å². The van der Waals surface area contributed by atoms with Gasteiger partial charge in [-0.1, -0.05) is 23.5 Å². The molecule has 9 heteroatoms. The zero-order chi connectivity index (χ0) is 20.5. The second-order valence-corrected chi connectivity index (χ2v) is 8.22. The maximum absolute atomic E-state index is 12.3. The van der Waals surface area contributed by atoms with Gasteiger partial charge in [0.05, 0.1) is 36.6 Å². The number of carbonyl (C=O) groups is 3. The summed E-state index contributed by atoms with van der Waals surface area (Å²) >= 11 is 1.03. The number of nitrogens with two attached hydrogens (primary N) is 1. The third-order valence-electron chi connectivity index (χ3n) is 3.87. The van der Waals surface area contributed by atoms with Crippen LogP contribution in [0.3, 0.4) is 0 Å². The van der Waals surface area contributed by atoms with E-state index in [9.17, 15) is 14.4 Å². The average Bonchev–Trinajstić information content (AvgIpc) is 3.10. The van der Waals surface area contributed by atoms with Gasteiger partial charge in [0.2, 0.25) is 0 Å². The maximum Gasteiger partial charge on any atom is 0.350 e. The van der Waals surface area contributed by atoms with E-state index < -0.39 is 11.6 Å². The number of hydrogen-bond acceptors (Lipinski definition) is 8. The summed E-state index contributed by atoms with van der Waals surface area (Å²) < 4.78 is 10.9. The Morgan fingerprint density at radius 2 is 1.79 bits per heavy atom. The summed E-state index contributed by atoms with van der Waals surface area (Å²) in [5, 5.41) is 0.236. The number of nitrogen functional groups attached to an aromatic ring is 1. The fourth-order valence-corrected chi connectivity index (χ4v) is 3.43. The summed E-state index contributed by atoms with van der Waals surface area (Å²) in [7, 11) is 0. The molecular formula is C19H21N3O5S. The highest BCUT2D eigenvalue weighted by Crippen LogP contribution is 2.25. The Bertz CT molecular complexity index is 897. The number of aromatic nitrogens is 1. The molecule has 28 heavy (non-hydrogen) atoms. The molecule has 0 unspecified atom stereocenters. The van der Waals surface area contributed by atoms with Crippen LogP contribution in [0.2, 0.25) is 0 Å². The average molecular weight is 403 g/mol. The van der Waals surface area contributed by atoms with Crippen molar-refractivity contribution in [2.45, 2.75) is 33.0 Å². The first kappa shape index (κ1) is 20.0. The molecular weight excluding hydrogens is 382 g/mol. The monoisotopic (exact) mass is 403 g/mol. The Labute approximate surface area is 166 Å². The molecule has 2 N–H and O–H groups in total. The first-order valence-corrected chi connectivity index (χ1v) is 9.50. The van der Waals surface area contributed by atoms with Crippen molar-refractivity contribution in [1.29, 1.82) is 0 Å². The molecule has 2 amide bonds. The van der Waals surface area contributed by atoms with Gasteiger partial charge in [0.1, 0.15) is 10.5 Å². The van der Waals surface area contributed by atoms with Crippen LogP contribution in [0.15, 0.2) is 24.3 Å². The molecule has 2 heterocycles. The van der Waals surface area contributed by atoms with Crippen LogP contribution < -0.4 is 5.73 Å². The van der Waals surface area contributed by atoms with Crippen LogP contribution in [0, 0.1) is 0 Å². The minimum atomic E-state index is -0.639. The lowest BCUT2D eigenvalue weighted by Crippen LogP contribution is -2.33. The van der Waals surface area contributed by atoms with Gasteiger partial charge >= 0.3 is 5.97 Å². The van der Waals surface area contributed by atoms with Gasteiger partial charge in [0, 0.05) is 0 Å². The Kier molecular flexibility index (Phi) is 5.48. The van der Waals surface area contributed by atoms with Gasteiger partial charge in [0.25, 0.3) is 11.8 Å². The lowest BCUT2D eigenvalue weighted by molar-refractivity contribution is 0.00701. The SMILES string of the molecule is CC(C)(C)OC(=O)c1sc(N)nc1COCCN1C(=O)c2ccccc2C1=O. The molecule has 148 valence electrons. The first-order valence-electron chi connectivity index (χ1n) is 8.69. The molecule has 0 saturated carbocycles. The zero-order valence-electron chi connectivity index (χ0n) is 15.9. The molecule has 1 aromatic heterocycles. The molecule has 1 aromatic carbocycles. The van der Waals surface area contributed by atoms with E-state index in [2.05, 4.69) is 4.98 Å². The molecule has 0 aliphatic carbocycles. The van der Waals surface area contributed by atoms with Gasteiger partial charge in [0.15, 0.2) is 5.13 Å². The summed E-state index contributed by atoms with van der Waals surface area (Å²) in [6.45, 7) is 5.55. The number of esters is 1. The number of imide groups is 1. The van der Waals surface area contributed by atoms with Crippen LogP contribution in [-0.4, -0.2) is 46.4 Å². The number of benzene rings is 1. The number of anilines is 1. The number of rotatable bonds is 6. The molecule has 2 aromatic rings. The molecule has 1 aliphatic rings. The first-order chi connectivity index (χ1) is 13.2. The van der Waals surface area contributed by atoms with E-state index in [0.29, 0.717) is 16.8 Å². The largest absolute Gasteiger partial charge is 0.456 e. The molecule has 0 bridgehead atoms. The van der Waals surface area contributed by atoms with E-state index in [1.54, 1.807) is 45.0 Å². The third-order valence-corrected chi connectivity index (χ3v) is 4.78. The van der Waals surface area contributed by atoms with Crippen LogP contribution in [-0.2, 0) is 16.1 Å². The summed E-state index contributed by atoms with van der Waals surface area (Å²) in [6, 6.07) is 6.69. The molecule has 0 spiro atoms. The Morgan fingerprint density at radius 3 is 2.36 bits per heavy atom. The van der Waals surface area contributed by atoms with Crippen molar-refractivity contribution in [3.63, 3.8) is 0 Å². The number of nitrogens with zero attached hydrogens (tertiary/aromatic N) is 2. The Morgan fingerprint density at radius 1 is 1.18 bits per heavy atom. The van der Waals surface area contributed by atoms with Crippen molar-refractivity contribution in [3.8, 4) is 0 Å². The van der Waals surface area contributed by atoms with Gasteiger partial charge in [-0.3, -0.25) is 14.5 Å². The number of fused-ring (bicyclic) bond motifs is 1. The van der Waals surface area contributed by atoms with Crippen molar-refractivity contribution in [2.24, 2.45) is 0 Å². The minimum Gasteiger partial charge on any atom is -0.456 e. The van der Waals surface area contributed by atoms with Gasteiger partial charge in [-0.2, -0.15) is 0 Å². The van der Waals surface area contributed by atoms with Crippen LogP contribution in [0.25, 0.3) is 0 Å². The van der Waals surface area contributed by atoms with Crippen molar-refractivity contribution >= 4 is 34.3 Å². The fourth-order valence-electron chi connectivity index (χ4n) is 2.72. The lowest BCUT2D eigenvalue weighted by Gasteiger charge is -2.19. The highest BCUT2D eigenvalue weighted by molar-refractivity contribution is 7.17. The van der Waals surface area contributed by atoms with E-state index in [-0.39, 0.29) is 41.6 Å². The molecule has 3 rings (SSSR count). The number of hydrogen-bond donors (Lipinski definition) is 1. The minimum absolute atomic E-state index is 0.0193. The van der Waals surface area contributed by atoms with Crippen LogP contribution in [0.1, 0.15) is 56.9 Å². The highest BCUT2D eigenvalue weighted by atomic mass is 32.1. The lowest BCUT2D eigenvalue weighted by atomic mass is 10.1. The molecule has 0 fully saturated rings. The number of carbonyl (C=O) groups excluding carboxylic acids is 3. The predicted octanol–water partition coefficient (Wildman–Crippen LogP) is 2.49. The normalized spacial score (nSPS) is 13.8. The Hall–Kier alpha value is -2.78. The van der Waals surface area contributed by atoms with E-state index in [1.807, 2.05) is 0 Å². The van der Waals surface area contributed by atoms with Crippen LogP contribution >= 0.6 is 11.3 Å². The van der Waals surface area contributed by atoms with E-state index in [4.69, 9.17) is 15.2 Å². The molecule has 1 aliphatic heterocycles. The zero-order valence-corrected chi connectivity index (χ0v) is 16.7. The predicted molar refractivity (Wildman–Crippen MR) is 103 cm³/mol. The van der Waals surface area contributed by atoms with Crippen molar-refractivity contribution in [2.75, 3.05) is 18.9 Å². The summed E-state index contributed by atoms with van der Waals surface area (Å²) in [4.78, 5) is 42.5. The standard InChI is InChI=1S/C19H21N3O5S/c1-19(2,3)27-17(25)14-13(21-18(20)28-14)10-26-9-8-22-15(23)11-6-4-5-7-12(11)16(22)24/h4-7H,8-10H2,1-3H3,(H2,20,21). The summed E-state index contributed by atoms with van der Waals surface area (Å²) in [5.74, 6) is -1.19. The second kappa shape index (κ2) is 7.69. The fraction of sp³-hybridized carbons (Fsp3) is 0.368. The van der Waals surface area contributed by atoms with Gasteiger partial charge in [-0.05, 0) is 32.9 Å². The molecule has 0 radical (unpaired) electrons. The maximum atomic E-state index is 12.3. The molecule has 0 atom stereocenters. The summed E-state index contributed by atoms with van der Waals surface area (Å²) in [5.41, 5.74) is 6.24. The second-order valence-electron chi connectivity index (χ2n) is 7.19. The van der Waals surface area contributed by atoms with Crippen molar-refractivity contribution in [3.05, 3.63) is 46.0 Å². The van der Waals surface area contributed by atoms with Gasteiger partial charge in [-0.15, -0.1) is 0 Å². The van der Waals surface area contributed by atoms with Crippen LogP contribution in [0.5, 0.6) is 0 Å². The number of ether oxygens (including phenoxy) is 2. The third kappa shape index (κ3) is 4.20. The number of thiazole rings is 1. The van der Waals surface area contributed by atoms with E-state index in [0.717, 1.165) is 16.2 Å². The quantitative estimate of drug-likeness (QED) is 0.448. The van der Waals surface area contributed by atoms with Crippen LogP contribution in [0.4, 0.5) is 5.13 Å². The van der Waals surface area contributed by atoms with Gasteiger partial charge < -0.3 is 15.2 Å². The van der Waals surface area contributed by atoms with Crippen molar-refractivity contribution < 1.29 is 23.9 Å².